The zero-order valence-electron chi connectivity index (χ0n) is 13.3. The van der Waals surface area contributed by atoms with Crippen molar-refractivity contribution in [3.8, 4) is 11.4 Å². The van der Waals surface area contributed by atoms with Gasteiger partial charge in [-0.2, -0.15) is 0 Å². The predicted octanol–water partition coefficient (Wildman–Crippen LogP) is 2.74. The van der Waals surface area contributed by atoms with Gasteiger partial charge in [0.15, 0.2) is 11.0 Å². The van der Waals surface area contributed by atoms with Gasteiger partial charge in [0.2, 0.25) is 5.91 Å². The van der Waals surface area contributed by atoms with Crippen LogP contribution >= 0.6 is 23.1 Å². The van der Waals surface area contributed by atoms with Crippen molar-refractivity contribution >= 4 is 29.0 Å². The number of hydrogen-bond acceptors (Lipinski definition) is 6. The van der Waals surface area contributed by atoms with Gasteiger partial charge < -0.3 is 9.88 Å². The molecule has 1 unspecified atom stereocenters. The Kier molecular flexibility index (Phi) is 5.27. The molecule has 0 spiro atoms. The molecule has 0 aromatic carbocycles. The molecule has 3 aromatic heterocycles. The van der Waals surface area contributed by atoms with Crippen molar-refractivity contribution in [2.75, 3.05) is 0 Å². The summed E-state index contributed by atoms with van der Waals surface area (Å²) in [5.41, 5.74) is 0.946. The molecule has 0 aliphatic rings. The number of amides is 1. The Morgan fingerprint density at radius 3 is 2.83 bits per heavy atom. The van der Waals surface area contributed by atoms with Crippen molar-refractivity contribution in [2.45, 2.75) is 23.9 Å². The molecule has 3 rings (SSSR count). The van der Waals surface area contributed by atoms with E-state index in [-0.39, 0.29) is 11.2 Å². The summed E-state index contributed by atoms with van der Waals surface area (Å²) in [5, 5.41) is 13.8. The number of carbonyl (C=O) groups is 1. The Morgan fingerprint density at radius 2 is 2.12 bits per heavy atom. The van der Waals surface area contributed by atoms with Crippen molar-refractivity contribution in [1.82, 2.24) is 25.1 Å². The van der Waals surface area contributed by atoms with Crippen LogP contribution in [0.2, 0.25) is 0 Å². The summed E-state index contributed by atoms with van der Waals surface area (Å²) in [6.45, 7) is 2.43. The number of thioether (sulfide) groups is 1. The quantitative estimate of drug-likeness (QED) is 0.685. The molecule has 0 aliphatic heterocycles. The van der Waals surface area contributed by atoms with Gasteiger partial charge in [-0.25, -0.2) is 0 Å². The molecule has 0 radical (unpaired) electrons. The van der Waals surface area contributed by atoms with Crippen LogP contribution in [0.15, 0.2) is 47.2 Å². The molecule has 1 N–H and O–H groups in total. The molecule has 24 heavy (non-hydrogen) atoms. The second-order valence-corrected chi connectivity index (χ2v) is 7.50. The maximum atomic E-state index is 12.2. The Bertz CT molecular complexity index is 801. The second-order valence-electron chi connectivity index (χ2n) is 5.16. The van der Waals surface area contributed by atoms with Crippen LogP contribution in [-0.2, 0) is 18.4 Å². The van der Waals surface area contributed by atoms with Crippen LogP contribution in [0.1, 0.15) is 11.8 Å². The second kappa shape index (κ2) is 7.59. The first kappa shape index (κ1) is 16.7. The summed E-state index contributed by atoms with van der Waals surface area (Å²) in [6.07, 6.45) is 3.44. The Balaban J connectivity index is 1.63. The summed E-state index contributed by atoms with van der Waals surface area (Å²) >= 11 is 3.03. The van der Waals surface area contributed by atoms with E-state index in [2.05, 4.69) is 20.5 Å². The average Bonchev–Trinajstić information content (AvgIpc) is 3.24. The topological polar surface area (TPSA) is 72.7 Å². The first-order valence-electron chi connectivity index (χ1n) is 7.41. The molecule has 0 fully saturated rings. The highest BCUT2D eigenvalue weighted by Crippen LogP contribution is 2.25. The number of aromatic nitrogens is 4. The molecule has 3 aromatic rings. The zero-order valence-corrected chi connectivity index (χ0v) is 15.0. The third-order valence-corrected chi connectivity index (χ3v) is 5.45. The van der Waals surface area contributed by atoms with Gasteiger partial charge in [-0.15, -0.1) is 21.5 Å². The van der Waals surface area contributed by atoms with Crippen LogP contribution in [0.5, 0.6) is 0 Å². The standard InChI is InChI=1S/C16H17N5OS2/c1-11(15(22)18-10-13-4-3-9-23-13)24-16-20-19-14(21(16)2)12-5-7-17-8-6-12/h3-9,11H,10H2,1-2H3,(H,18,22). The largest absolute Gasteiger partial charge is 0.350 e. The third kappa shape index (κ3) is 3.82. The fourth-order valence-corrected chi connectivity index (χ4v) is 3.60. The molecule has 0 bridgehead atoms. The van der Waals surface area contributed by atoms with Crippen LogP contribution in [0.3, 0.4) is 0 Å². The summed E-state index contributed by atoms with van der Waals surface area (Å²) in [6, 6.07) is 7.75. The van der Waals surface area contributed by atoms with Gasteiger partial charge >= 0.3 is 0 Å². The van der Waals surface area contributed by atoms with E-state index in [1.807, 2.05) is 48.2 Å². The zero-order chi connectivity index (χ0) is 16.9. The van der Waals surface area contributed by atoms with Gasteiger partial charge in [-0.3, -0.25) is 9.78 Å². The van der Waals surface area contributed by atoms with Crippen molar-refractivity contribution < 1.29 is 4.79 Å². The molecule has 1 atom stereocenters. The van der Waals surface area contributed by atoms with E-state index >= 15 is 0 Å². The lowest BCUT2D eigenvalue weighted by Crippen LogP contribution is -2.30. The molecule has 0 saturated heterocycles. The van der Waals surface area contributed by atoms with E-state index in [0.29, 0.717) is 11.7 Å². The van der Waals surface area contributed by atoms with E-state index in [9.17, 15) is 4.79 Å². The minimum Gasteiger partial charge on any atom is -0.350 e. The van der Waals surface area contributed by atoms with E-state index < -0.39 is 0 Å². The van der Waals surface area contributed by atoms with Crippen molar-refractivity contribution in [1.29, 1.82) is 0 Å². The Labute approximate surface area is 148 Å². The van der Waals surface area contributed by atoms with E-state index in [1.54, 1.807) is 23.7 Å². The highest BCUT2D eigenvalue weighted by atomic mass is 32.2. The maximum absolute atomic E-state index is 12.2. The molecular formula is C16H17N5OS2. The molecule has 8 heteroatoms. The molecular weight excluding hydrogens is 342 g/mol. The fourth-order valence-electron chi connectivity index (χ4n) is 2.11. The van der Waals surface area contributed by atoms with Crippen molar-refractivity contribution in [3.05, 3.63) is 46.9 Å². The lowest BCUT2D eigenvalue weighted by atomic mass is 10.2. The maximum Gasteiger partial charge on any atom is 0.233 e. The highest BCUT2D eigenvalue weighted by Gasteiger charge is 2.19. The van der Waals surface area contributed by atoms with Crippen LogP contribution in [0.25, 0.3) is 11.4 Å². The Morgan fingerprint density at radius 1 is 1.33 bits per heavy atom. The van der Waals surface area contributed by atoms with Gasteiger partial charge in [0.05, 0.1) is 11.8 Å². The third-order valence-electron chi connectivity index (χ3n) is 3.44. The number of rotatable bonds is 6. The lowest BCUT2D eigenvalue weighted by Gasteiger charge is -2.11. The molecule has 6 nitrogen and oxygen atoms in total. The first-order valence-corrected chi connectivity index (χ1v) is 9.17. The number of carbonyl (C=O) groups excluding carboxylic acids is 1. The fraction of sp³-hybridized carbons (Fsp3) is 0.250. The van der Waals surface area contributed by atoms with Crippen LogP contribution in [-0.4, -0.2) is 30.9 Å². The van der Waals surface area contributed by atoms with Crippen molar-refractivity contribution in [3.63, 3.8) is 0 Å². The monoisotopic (exact) mass is 359 g/mol. The number of hydrogen-bond donors (Lipinski definition) is 1. The minimum atomic E-state index is -0.252. The average molecular weight is 359 g/mol. The molecule has 1 amide bonds. The first-order chi connectivity index (χ1) is 11.6. The van der Waals surface area contributed by atoms with Gasteiger partial charge in [0.1, 0.15) is 0 Å². The smallest absolute Gasteiger partial charge is 0.233 e. The molecule has 0 saturated carbocycles. The summed E-state index contributed by atoms with van der Waals surface area (Å²) in [5.74, 6) is 0.743. The SMILES string of the molecule is CC(Sc1nnc(-c2ccncc2)n1C)C(=O)NCc1cccs1. The number of pyridine rings is 1. The van der Waals surface area contributed by atoms with E-state index in [1.165, 1.54) is 11.8 Å². The predicted molar refractivity (Wildman–Crippen MR) is 95.7 cm³/mol. The number of thiophene rings is 1. The Hall–Kier alpha value is -2.19. The van der Waals surface area contributed by atoms with Crippen LogP contribution in [0, 0.1) is 0 Å². The summed E-state index contributed by atoms with van der Waals surface area (Å²) in [7, 11) is 1.90. The van der Waals surface area contributed by atoms with Gasteiger partial charge in [0, 0.05) is 29.9 Å². The minimum absolute atomic E-state index is 0.0122. The normalized spacial score (nSPS) is 12.1. The number of nitrogens with one attached hydrogen (secondary N) is 1. The van der Waals surface area contributed by atoms with Crippen molar-refractivity contribution in [2.24, 2.45) is 7.05 Å². The summed E-state index contributed by atoms with van der Waals surface area (Å²) < 4.78 is 1.89. The molecule has 124 valence electrons. The van der Waals surface area contributed by atoms with E-state index in [0.717, 1.165) is 16.3 Å². The van der Waals surface area contributed by atoms with Crippen LogP contribution < -0.4 is 5.32 Å². The van der Waals surface area contributed by atoms with Gasteiger partial charge in [-0.1, -0.05) is 17.8 Å². The van der Waals surface area contributed by atoms with Crippen LogP contribution in [0.4, 0.5) is 0 Å². The lowest BCUT2D eigenvalue weighted by molar-refractivity contribution is -0.120. The number of nitrogens with zero attached hydrogens (tertiary/aromatic N) is 4. The van der Waals surface area contributed by atoms with Gasteiger partial charge in [-0.05, 0) is 30.5 Å². The van der Waals surface area contributed by atoms with E-state index in [4.69, 9.17) is 0 Å². The molecule has 3 heterocycles. The highest BCUT2D eigenvalue weighted by molar-refractivity contribution is 8.00. The molecule has 0 aliphatic carbocycles. The summed E-state index contributed by atoms with van der Waals surface area (Å²) in [4.78, 5) is 17.4. The van der Waals surface area contributed by atoms with Gasteiger partial charge in [0.25, 0.3) is 0 Å².